The molecule has 2 aromatic carbocycles. The number of benzene rings is 2. The molecule has 2 aromatic rings. The molecule has 0 heterocycles. The van der Waals surface area contributed by atoms with E-state index in [9.17, 15) is 0 Å². The van der Waals surface area contributed by atoms with Gasteiger partial charge in [-0.2, -0.15) is 0 Å². The maximum atomic E-state index is 5.94. The van der Waals surface area contributed by atoms with Gasteiger partial charge in [-0.05, 0) is 42.0 Å². The predicted octanol–water partition coefficient (Wildman–Crippen LogP) is 3.84. The van der Waals surface area contributed by atoms with Gasteiger partial charge in [-0.1, -0.05) is 35.9 Å². The number of para-hydroxylation sites is 2. The van der Waals surface area contributed by atoms with Crippen LogP contribution in [0.1, 0.15) is 5.56 Å². The molecule has 20 heavy (non-hydrogen) atoms. The van der Waals surface area contributed by atoms with E-state index >= 15 is 0 Å². The first-order valence-corrected chi connectivity index (χ1v) is 6.90. The highest BCUT2D eigenvalue weighted by molar-refractivity contribution is 7.80. The molecule has 0 unspecified atom stereocenters. The Bertz CT molecular complexity index is 604. The molecule has 0 saturated carbocycles. The molecular weight excluding hydrogens is 292 g/mol. The Morgan fingerprint density at radius 3 is 2.75 bits per heavy atom. The molecule has 3 nitrogen and oxygen atoms in total. The average molecular weight is 307 g/mol. The van der Waals surface area contributed by atoms with Crippen LogP contribution in [0.15, 0.2) is 48.5 Å². The van der Waals surface area contributed by atoms with Crippen LogP contribution in [0.2, 0.25) is 5.02 Å². The van der Waals surface area contributed by atoms with Crippen molar-refractivity contribution in [1.82, 2.24) is 5.32 Å². The average Bonchev–Trinajstić information content (AvgIpc) is 2.46. The molecule has 0 aliphatic heterocycles. The van der Waals surface area contributed by atoms with Crippen molar-refractivity contribution in [1.29, 1.82) is 0 Å². The van der Waals surface area contributed by atoms with Crippen molar-refractivity contribution < 1.29 is 4.74 Å². The van der Waals surface area contributed by atoms with Gasteiger partial charge in [0.15, 0.2) is 5.11 Å². The number of rotatable bonds is 4. The number of nitrogens with one attached hydrogen (secondary N) is 2. The maximum Gasteiger partial charge on any atom is 0.171 e. The molecule has 0 amide bonds. The summed E-state index contributed by atoms with van der Waals surface area (Å²) in [5.74, 6) is 0.749. The minimum absolute atomic E-state index is 0.537. The third kappa shape index (κ3) is 4.11. The van der Waals surface area contributed by atoms with E-state index < -0.39 is 0 Å². The Hall–Kier alpha value is -1.78. The van der Waals surface area contributed by atoms with Gasteiger partial charge in [0.1, 0.15) is 5.75 Å². The fraction of sp³-hybridized carbons (Fsp3) is 0.133. The van der Waals surface area contributed by atoms with E-state index in [4.69, 9.17) is 28.6 Å². The van der Waals surface area contributed by atoms with Crippen molar-refractivity contribution in [2.75, 3.05) is 12.4 Å². The molecule has 0 aromatic heterocycles. The monoisotopic (exact) mass is 306 g/mol. The Morgan fingerprint density at radius 1 is 1.20 bits per heavy atom. The summed E-state index contributed by atoms with van der Waals surface area (Å²) in [5, 5.41) is 7.49. The molecule has 0 fully saturated rings. The molecule has 0 aliphatic rings. The van der Waals surface area contributed by atoms with Crippen LogP contribution < -0.4 is 15.4 Å². The molecule has 2 rings (SSSR count). The summed E-state index contributed by atoms with van der Waals surface area (Å²) in [6.07, 6.45) is 0. The number of anilines is 1. The fourth-order valence-electron chi connectivity index (χ4n) is 1.74. The van der Waals surface area contributed by atoms with Crippen LogP contribution >= 0.6 is 23.8 Å². The van der Waals surface area contributed by atoms with Gasteiger partial charge < -0.3 is 15.4 Å². The van der Waals surface area contributed by atoms with E-state index in [2.05, 4.69) is 10.6 Å². The molecule has 0 aliphatic carbocycles. The van der Waals surface area contributed by atoms with E-state index in [0.29, 0.717) is 16.7 Å². The number of thiocarbonyl (C=S) groups is 1. The molecule has 104 valence electrons. The van der Waals surface area contributed by atoms with E-state index in [1.54, 1.807) is 7.11 Å². The lowest BCUT2D eigenvalue weighted by atomic mass is 10.2. The first-order chi connectivity index (χ1) is 9.69. The summed E-state index contributed by atoms with van der Waals surface area (Å²) >= 11 is 11.2. The van der Waals surface area contributed by atoms with E-state index in [1.165, 1.54) is 0 Å². The quantitative estimate of drug-likeness (QED) is 0.841. The van der Waals surface area contributed by atoms with Crippen molar-refractivity contribution >= 4 is 34.6 Å². The summed E-state index contributed by atoms with van der Waals surface area (Å²) < 4.78 is 5.26. The van der Waals surface area contributed by atoms with Crippen molar-refractivity contribution in [3.8, 4) is 5.75 Å². The molecule has 0 radical (unpaired) electrons. The van der Waals surface area contributed by atoms with Crippen molar-refractivity contribution in [3.63, 3.8) is 0 Å². The highest BCUT2D eigenvalue weighted by Gasteiger charge is 2.03. The molecular formula is C15H15ClN2OS. The number of ether oxygens (including phenoxy) is 1. The van der Waals surface area contributed by atoms with Crippen LogP contribution in [-0.4, -0.2) is 12.2 Å². The number of halogens is 1. The topological polar surface area (TPSA) is 33.3 Å². The van der Waals surface area contributed by atoms with E-state index in [0.717, 1.165) is 17.0 Å². The van der Waals surface area contributed by atoms with Gasteiger partial charge in [-0.15, -0.1) is 0 Å². The molecule has 5 heteroatoms. The lowest BCUT2D eigenvalue weighted by Gasteiger charge is -2.13. The van der Waals surface area contributed by atoms with Crippen LogP contribution in [0.25, 0.3) is 0 Å². The van der Waals surface area contributed by atoms with E-state index in [1.807, 2.05) is 48.5 Å². The van der Waals surface area contributed by atoms with Gasteiger partial charge in [0.05, 0.1) is 12.8 Å². The van der Waals surface area contributed by atoms with Crippen LogP contribution in [-0.2, 0) is 6.54 Å². The largest absolute Gasteiger partial charge is 0.495 e. The van der Waals surface area contributed by atoms with Crippen LogP contribution in [0.3, 0.4) is 0 Å². The zero-order valence-corrected chi connectivity index (χ0v) is 12.6. The van der Waals surface area contributed by atoms with E-state index in [-0.39, 0.29) is 0 Å². The molecule has 0 spiro atoms. The zero-order valence-electron chi connectivity index (χ0n) is 11.0. The van der Waals surface area contributed by atoms with Gasteiger partial charge in [0, 0.05) is 11.6 Å². The first-order valence-electron chi connectivity index (χ1n) is 6.11. The standard InChI is InChI=1S/C15H15ClN2OS/c1-19-14-8-3-2-7-13(14)18-15(20)17-10-11-5-4-6-12(16)9-11/h2-9H,10H2,1H3,(H2,17,18,20). The normalized spacial score (nSPS) is 9.90. The number of hydrogen-bond acceptors (Lipinski definition) is 2. The summed E-state index contributed by atoms with van der Waals surface area (Å²) in [4.78, 5) is 0. The third-order valence-corrected chi connectivity index (χ3v) is 3.18. The number of hydrogen-bond donors (Lipinski definition) is 2. The van der Waals surface area contributed by atoms with Crippen LogP contribution in [0.5, 0.6) is 5.75 Å². The zero-order chi connectivity index (χ0) is 14.4. The van der Waals surface area contributed by atoms with Gasteiger partial charge in [-0.25, -0.2) is 0 Å². The van der Waals surface area contributed by atoms with Crippen molar-refractivity contribution in [2.24, 2.45) is 0 Å². The van der Waals surface area contributed by atoms with Gasteiger partial charge in [-0.3, -0.25) is 0 Å². The van der Waals surface area contributed by atoms with Crippen LogP contribution in [0.4, 0.5) is 5.69 Å². The summed E-state index contributed by atoms with van der Waals surface area (Å²) in [6, 6.07) is 15.3. The second-order valence-electron chi connectivity index (χ2n) is 4.14. The minimum Gasteiger partial charge on any atom is -0.495 e. The lowest BCUT2D eigenvalue weighted by molar-refractivity contribution is 0.417. The Labute approximate surface area is 128 Å². The van der Waals surface area contributed by atoms with Gasteiger partial charge in [0.25, 0.3) is 0 Å². The fourth-order valence-corrected chi connectivity index (χ4v) is 2.14. The van der Waals surface area contributed by atoms with Gasteiger partial charge in [0.2, 0.25) is 0 Å². The van der Waals surface area contributed by atoms with Crippen molar-refractivity contribution in [2.45, 2.75) is 6.54 Å². The minimum atomic E-state index is 0.537. The molecule has 0 atom stereocenters. The van der Waals surface area contributed by atoms with Gasteiger partial charge >= 0.3 is 0 Å². The smallest absolute Gasteiger partial charge is 0.171 e. The summed E-state index contributed by atoms with van der Waals surface area (Å²) in [5.41, 5.74) is 1.90. The predicted molar refractivity (Wildman–Crippen MR) is 87.5 cm³/mol. The SMILES string of the molecule is COc1ccccc1NC(=S)NCc1cccc(Cl)c1. The Morgan fingerprint density at radius 2 is 2.00 bits per heavy atom. The molecule has 0 bridgehead atoms. The number of methoxy groups -OCH3 is 1. The highest BCUT2D eigenvalue weighted by Crippen LogP contribution is 2.22. The third-order valence-electron chi connectivity index (χ3n) is 2.70. The Kier molecular flexibility index (Phi) is 5.21. The van der Waals surface area contributed by atoms with Crippen molar-refractivity contribution in [3.05, 3.63) is 59.1 Å². The first kappa shape index (κ1) is 14.6. The second kappa shape index (κ2) is 7.12. The maximum absolute atomic E-state index is 5.94. The summed E-state index contributed by atoms with van der Waals surface area (Å²) in [7, 11) is 1.63. The van der Waals surface area contributed by atoms with Crippen LogP contribution in [0, 0.1) is 0 Å². The molecule has 0 saturated heterocycles. The summed E-state index contributed by atoms with van der Waals surface area (Å²) in [6.45, 7) is 0.613. The lowest BCUT2D eigenvalue weighted by Crippen LogP contribution is -2.28. The highest BCUT2D eigenvalue weighted by atomic mass is 35.5. The second-order valence-corrected chi connectivity index (χ2v) is 4.98. The molecule has 2 N–H and O–H groups in total. The Balaban J connectivity index is 1.93.